The number of aliphatic hydroxyl groups is 1. The van der Waals surface area contributed by atoms with Crippen LogP contribution in [0.1, 0.15) is 17.2 Å². The molecule has 0 aromatic heterocycles. The molecule has 1 heterocycles. The third kappa shape index (κ3) is 4.27. The van der Waals surface area contributed by atoms with E-state index < -0.39 is 17.9 Å². The summed E-state index contributed by atoms with van der Waals surface area (Å²) in [6, 6.07) is 14.2. The highest BCUT2D eigenvalue weighted by Gasteiger charge is 2.17. The Morgan fingerprint density at radius 1 is 1.00 bits per heavy atom. The zero-order chi connectivity index (χ0) is 17.6. The van der Waals surface area contributed by atoms with Crippen LogP contribution in [0.4, 0.5) is 0 Å². The van der Waals surface area contributed by atoms with Crippen molar-refractivity contribution >= 4 is 11.8 Å². The number of ether oxygens (including phenoxy) is 2. The Labute approximate surface area is 144 Å². The van der Waals surface area contributed by atoms with Gasteiger partial charge in [0.25, 0.3) is 0 Å². The van der Waals surface area contributed by atoms with Gasteiger partial charge in [-0.15, -0.1) is 0 Å². The molecule has 3 N–H and O–H groups in total. The van der Waals surface area contributed by atoms with Crippen molar-refractivity contribution in [1.29, 1.82) is 0 Å². The average molecular weight is 342 g/mol. The molecule has 0 saturated carbocycles. The molecule has 7 heteroatoms. The van der Waals surface area contributed by atoms with Gasteiger partial charge in [-0.1, -0.05) is 36.4 Å². The van der Waals surface area contributed by atoms with E-state index in [4.69, 9.17) is 9.47 Å². The summed E-state index contributed by atoms with van der Waals surface area (Å²) in [7, 11) is 0. The van der Waals surface area contributed by atoms with Crippen LogP contribution in [0, 0.1) is 0 Å². The number of hydrogen-bond donors (Lipinski definition) is 3. The average Bonchev–Trinajstić information content (AvgIpc) is 3.12. The molecule has 130 valence electrons. The maximum atomic E-state index is 11.8. The van der Waals surface area contributed by atoms with Crippen LogP contribution >= 0.6 is 0 Å². The largest absolute Gasteiger partial charge is 0.454 e. The Hall–Kier alpha value is -3.06. The first kappa shape index (κ1) is 16.8. The maximum absolute atomic E-state index is 11.8. The van der Waals surface area contributed by atoms with Crippen LogP contribution in [0.15, 0.2) is 48.5 Å². The van der Waals surface area contributed by atoms with Gasteiger partial charge in [0.15, 0.2) is 11.5 Å². The van der Waals surface area contributed by atoms with Crippen molar-refractivity contribution < 1.29 is 24.2 Å². The first-order valence-corrected chi connectivity index (χ1v) is 7.81. The molecule has 0 fully saturated rings. The van der Waals surface area contributed by atoms with Crippen molar-refractivity contribution in [3.05, 3.63) is 59.7 Å². The number of benzene rings is 2. The molecule has 1 aliphatic rings. The Bertz CT molecular complexity index is 763. The Morgan fingerprint density at radius 3 is 2.52 bits per heavy atom. The zero-order valence-corrected chi connectivity index (χ0v) is 13.4. The van der Waals surface area contributed by atoms with Crippen molar-refractivity contribution in [2.45, 2.75) is 12.6 Å². The summed E-state index contributed by atoms with van der Waals surface area (Å²) < 4.78 is 10.5. The molecular formula is C18H18N2O5. The smallest absolute Gasteiger partial charge is 0.309 e. The number of nitrogens with one attached hydrogen (secondary N) is 2. The monoisotopic (exact) mass is 342 g/mol. The van der Waals surface area contributed by atoms with E-state index in [1.54, 1.807) is 42.5 Å². The van der Waals surface area contributed by atoms with Gasteiger partial charge in [0.1, 0.15) is 0 Å². The Balaban J connectivity index is 1.45. The predicted octanol–water partition coefficient (Wildman–Crippen LogP) is 0.881. The fraction of sp³-hybridized carbons (Fsp3) is 0.222. The molecule has 0 radical (unpaired) electrons. The standard InChI is InChI=1S/C18H18N2O5/c21-14(13-4-2-1-3-5-13)10-20-18(23)17(22)19-9-12-6-7-15-16(8-12)25-11-24-15/h1-8,14,21H,9-11H2,(H,19,22)(H,20,23)/t14-/m1/s1. The minimum absolute atomic E-state index is 0.0414. The molecule has 1 atom stereocenters. The predicted molar refractivity (Wildman–Crippen MR) is 88.8 cm³/mol. The maximum Gasteiger partial charge on any atom is 0.309 e. The van der Waals surface area contributed by atoms with Crippen molar-refractivity contribution in [1.82, 2.24) is 10.6 Å². The lowest BCUT2D eigenvalue weighted by molar-refractivity contribution is -0.139. The molecular weight excluding hydrogens is 324 g/mol. The summed E-state index contributed by atoms with van der Waals surface area (Å²) in [5.74, 6) is -0.293. The van der Waals surface area contributed by atoms with Gasteiger partial charge in [-0.05, 0) is 23.3 Å². The van der Waals surface area contributed by atoms with Crippen LogP contribution in [0.25, 0.3) is 0 Å². The van der Waals surface area contributed by atoms with Crippen LogP contribution in [-0.2, 0) is 16.1 Å². The Morgan fingerprint density at radius 2 is 1.72 bits per heavy atom. The second-order valence-electron chi connectivity index (χ2n) is 5.51. The van der Waals surface area contributed by atoms with E-state index in [0.29, 0.717) is 17.1 Å². The molecule has 0 bridgehead atoms. The molecule has 0 spiro atoms. The molecule has 2 amide bonds. The molecule has 7 nitrogen and oxygen atoms in total. The summed E-state index contributed by atoms with van der Waals surface area (Å²) >= 11 is 0. The van der Waals surface area contributed by atoms with E-state index >= 15 is 0 Å². The molecule has 1 aliphatic heterocycles. The Kier molecular flexibility index (Phi) is 5.15. The van der Waals surface area contributed by atoms with Gasteiger partial charge in [-0.25, -0.2) is 0 Å². The van der Waals surface area contributed by atoms with E-state index in [1.165, 1.54) is 0 Å². The van der Waals surface area contributed by atoms with Crippen LogP contribution < -0.4 is 20.1 Å². The summed E-state index contributed by atoms with van der Waals surface area (Å²) in [4.78, 5) is 23.6. The van der Waals surface area contributed by atoms with Gasteiger partial charge in [-0.2, -0.15) is 0 Å². The number of amides is 2. The third-order valence-corrected chi connectivity index (χ3v) is 3.74. The van der Waals surface area contributed by atoms with E-state index in [2.05, 4.69) is 10.6 Å². The van der Waals surface area contributed by atoms with E-state index in [-0.39, 0.29) is 19.9 Å². The number of rotatable bonds is 5. The second-order valence-corrected chi connectivity index (χ2v) is 5.51. The second kappa shape index (κ2) is 7.67. The van der Waals surface area contributed by atoms with Crippen LogP contribution in [-0.4, -0.2) is 30.3 Å². The summed E-state index contributed by atoms with van der Waals surface area (Å²) in [6.07, 6.45) is -0.869. The lowest BCUT2D eigenvalue weighted by Crippen LogP contribution is -2.41. The quantitative estimate of drug-likeness (QED) is 0.701. The third-order valence-electron chi connectivity index (χ3n) is 3.74. The van der Waals surface area contributed by atoms with Crippen LogP contribution in [0.3, 0.4) is 0 Å². The first-order valence-electron chi connectivity index (χ1n) is 7.81. The number of carbonyl (C=O) groups excluding carboxylic acids is 2. The van der Waals surface area contributed by atoms with Crippen molar-refractivity contribution in [2.75, 3.05) is 13.3 Å². The number of carbonyl (C=O) groups is 2. The highest BCUT2D eigenvalue weighted by atomic mass is 16.7. The summed E-state index contributed by atoms with van der Waals surface area (Å²) in [6.45, 7) is 0.321. The van der Waals surface area contributed by atoms with Gasteiger partial charge >= 0.3 is 11.8 Å². The van der Waals surface area contributed by atoms with Gasteiger partial charge in [0.2, 0.25) is 6.79 Å². The van der Waals surface area contributed by atoms with E-state index in [0.717, 1.165) is 5.56 Å². The zero-order valence-electron chi connectivity index (χ0n) is 13.4. The lowest BCUT2D eigenvalue weighted by atomic mass is 10.1. The normalized spacial score (nSPS) is 13.2. The molecule has 3 rings (SSSR count). The molecule has 0 aliphatic carbocycles. The molecule has 2 aromatic rings. The van der Waals surface area contributed by atoms with E-state index in [9.17, 15) is 14.7 Å². The molecule has 0 saturated heterocycles. The van der Waals surface area contributed by atoms with Crippen molar-refractivity contribution in [3.8, 4) is 11.5 Å². The fourth-order valence-electron chi connectivity index (χ4n) is 2.38. The highest BCUT2D eigenvalue weighted by Crippen LogP contribution is 2.32. The number of fused-ring (bicyclic) bond motifs is 1. The highest BCUT2D eigenvalue weighted by molar-refractivity contribution is 6.35. The molecule has 2 aromatic carbocycles. The number of aliphatic hydroxyl groups excluding tert-OH is 1. The minimum atomic E-state index is -0.869. The SMILES string of the molecule is O=C(NCc1ccc2c(c1)OCO2)C(=O)NC[C@@H](O)c1ccccc1. The topological polar surface area (TPSA) is 96.9 Å². The van der Waals surface area contributed by atoms with Crippen molar-refractivity contribution in [3.63, 3.8) is 0 Å². The van der Waals surface area contributed by atoms with Gasteiger partial charge in [0.05, 0.1) is 6.10 Å². The summed E-state index contributed by atoms with van der Waals surface area (Å²) in [5, 5.41) is 14.9. The molecule has 25 heavy (non-hydrogen) atoms. The van der Waals surface area contributed by atoms with Gasteiger partial charge < -0.3 is 25.2 Å². The van der Waals surface area contributed by atoms with Crippen molar-refractivity contribution in [2.24, 2.45) is 0 Å². The minimum Gasteiger partial charge on any atom is -0.454 e. The summed E-state index contributed by atoms with van der Waals surface area (Å²) in [5.41, 5.74) is 1.46. The van der Waals surface area contributed by atoms with E-state index in [1.807, 2.05) is 6.07 Å². The fourth-order valence-corrected chi connectivity index (χ4v) is 2.38. The van der Waals surface area contributed by atoms with Gasteiger partial charge in [-0.3, -0.25) is 9.59 Å². The lowest BCUT2D eigenvalue weighted by Gasteiger charge is -2.12. The number of hydrogen-bond acceptors (Lipinski definition) is 5. The van der Waals surface area contributed by atoms with Gasteiger partial charge in [0, 0.05) is 13.1 Å². The van der Waals surface area contributed by atoms with Crippen LogP contribution in [0.5, 0.6) is 11.5 Å². The van der Waals surface area contributed by atoms with Crippen LogP contribution in [0.2, 0.25) is 0 Å². The molecule has 0 unspecified atom stereocenters. The first-order chi connectivity index (χ1) is 12.1.